The van der Waals surface area contributed by atoms with Gasteiger partial charge < -0.3 is 9.15 Å². The van der Waals surface area contributed by atoms with Gasteiger partial charge in [0.15, 0.2) is 0 Å². The monoisotopic (exact) mass is 447 g/mol. The molecule has 0 fully saturated rings. The van der Waals surface area contributed by atoms with Crippen LogP contribution in [0.4, 0.5) is 4.39 Å². The predicted molar refractivity (Wildman–Crippen MR) is 112 cm³/mol. The molecular weight excluding hydrogens is 425 g/mol. The van der Waals surface area contributed by atoms with Crippen LogP contribution in [-0.4, -0.2) is 32.3 Å². The average molecular weight is 447 g/mol. The van der Waals surface area contributed by atoms with Crippen molar-refractivity contribution in [3.8, 4) is 0 Å². The zero-order valence-corrected chi connectivity index (χ0v) is 17.9. The largest absolute Gasteiger partial charge is 0.461 e. The molecule has 31 heavy (non-hydrogen) atoms. The fourth-order valence-corrected chi connectivity index (χ4v) is 4.25. The lowest BCUT2D eigenvalue weighted by molar-refractivity contribution is -0.145. The van der Waals surface area contributed by atoms with Crippen LogP contribution in [0.5, 0.6) is 0 Å². The first-order valence-corrected chi connectivity index (χ1v) is 11.0. The third-order valence-corrected chi connectivity index (χ3v) is 6.62. The molecule has 9 heteroatoms. The van der Waals surface area contributed by atoms with E-state index in [-0.39, 0.29) is 30.9 Å². The first-order valence-electron chi connectivity index (χ1n) is 9.58. The molecule has 0 amide bonds. The van der Waals surface area contributed by atoms with Crippen molar-refractivity contribution in [2.45, 2.75) is 31.3 Å². The number of carbonyl (C=O) groups excluding carboxylic acids is 1. The third kappa shape index (κ3) is 5.56. The normalized spacial score (nSPS) is 11.7. The van der Waals surface area contributed by atoms with E-state index in [4.69, 9.17) is 9.15 Å². The van der Waals surface area contributed by atoms with Crippen molar-refractivity contribution in [3.05, 3.63) is 75.9 Å². The molecule has 0 aliphatic heterocycles. The summed E-state index contributed by atoms with van der Waals surface area (Å²) in [6, 6.07) is 11.2. The molecule has 7 nitrogen and oxygen atoms in total. The zero-order valence-electron chi connectivity index (χ0n) is 17.1. The number of ether oxygens (including phenoxy) is 1. The Labute approximate surface area is 179 Å². The number of rotatable bonds is 8. The highest BCUT2D eigenvalue weighted by molar-refractivity contribution is 7.89. The molecule has 0 bridgehead atoms. The number of hydrogen-bond acceptors (Lipinski definition) is 6. The van der Waals surface area contributed by atoms with E-state index in [1.165, 1.54) is 25.2 Å². The number of carbonyl (C=O) groups is 1. The minimum absolute atomic E-state index is 0.00175. The topological polar surface area (TPSA) is 93.9 Å². The van der Waals surface area contributed by atoms with Crippen molar-refractivity contribution in [2.75, 3.05) is 13.6 Å². The second-order valence-electron chi connectivity index (χ2n) is 7.14. The Morgan fingerprint density at radius 3 is 2.55 bits per heavy atom. The Morgan fingerprint density at radius 2 is 1.84 bits per heavy atom. The van der Waals surface area contributed by atoms with Gasteiger partial charge in [0.2, 0.25) is 10.0 Å². The highest BCUT2D eigenvalue weighted by Gasteiger charge is 2.20. The van der Waals surface area contributed by atoms with Crippen molar-refractivity contribution in [3.63, 3.8) is 0 Å². The second-order valence-corrected chi connectivity index (χ2v) is 9.18. The quantitative estimate of drug-likeness (QED) is 0.388. The number of halogens is 1. The van der Waals surface area contributed by atoms with E-state index >= 15 is 0 Å². The molecule has 1 heterocycles. The summed E-state index contributed by atoms with van der Waals surface area (Å²) in [4.78, 5) is 23.8. The minimum atomic E-state index is -3.77. The van der Waals surface area contributed by atoms with E-state index in [0.717, 1.165) is 22.0 Å². The van der Waals surface area contributed by atoms with Crippen molar-refractivity contribution in [1.82, 2.24) is 4.31 Å². The standard InChI is InChI=1S/C22H22FNO6S/c1-15-5-10-19-16(13-22(26)30-20(19)12-15)14-29-21(25)4-3-11-24(2)31(27,28)18-8-6-17(23)7-9-18/h5-10,12-13H,3-4,11,14H2,1-2H3. The summed E-state index contributed by atoms with van der Waals surface area (Å²) < 4.78 is 49.5. The molecule has 0 saturated heterocycles. The fraction of sp³-hybridized carbons (Fsp3) is 0.273. The number of sulfonamides is 1. The maximum Gasteiger partial charge on any atom is 0.336 e. The van der Waals surface area contributed by atoms with Crippen molar-refractivity contribution in [2.24, 2.45) is 0 Å². The molecule has 2 aromatic carbocycles. The summed E-state index contributed by atoms with van der Waals surface area (Å²) in [6.07, 6.45) is 0.244. The molecule has 0 saturated carbocycles. The van der Waals surface area contributed by atoms with Gasteiger partial charge in [-0.05, 0) is 49.2 Å². The molecule has 0 spiro atoms. The lowest BCUT2D eigenvalue weighted by atomic mass is 10.1. The minimum Gasteiger partial charge on any atom is -0.461 e. The highest BCUT2D eigenvalue weighted by Crippen LogP contribution is 2.20. The summed E-state index contributed by atoms with van der Waals surface area (Å²) in [6.45, 7) is 1.87. The van der Waals surface area contributed by atoms with E-state index in [1.807, 2.05) is 13.0 Å². The third-order valence-electron chi connectivity index (χ3n) is 4.75. The second kappa shape index (κ2) is 9.40. The van der Waals surface area contributed by atoms with Gasteiger partial charge in [-0.25, -0.2) is 21.9 Å². The van der Waals surface area contributed by atoms with Gasteiger partial charge in [-0.3, -0.25) is 4.79 Å². The highest BCUT2D eigenvalue weighted by atomic mass is 32.2. The summed E-state index contributed by atoms with van der Waals surface area (Å²) in [5.41, 5.74) is 1.36. The average Bonchev–Trinajstić information content (AvgIpc) is 2.71. The van der Waals surface area contributed by atoms with Crippen LogP contribution in [0.1, 0.15) is 24.0 Å². The smallest absolute Gasteiger partial charge is 0.336 e. The van der Waals surface area contributed by atoms with E-state index in [9.17, 15) is 22.4 Å². The number of benzene rings is 2. The molecule has 0 atom stereocenters. The van der Waals surface area contributed by atoms with Crippen LogP contribution in [0.3, 0.4) is 0 Å². The molecule has 0 aliphatic rings. The first kappa shape index (κ1) is 22.6. The molecule has 0 radical (unpaired) electrons. The van der Waals surface area contributed by atoms with Crippen molar-refractivity contribution < 1.29 is 26.8 Å². The van der Waals surface area contributed by atoms with Gasteiger partial charge in [0.1, 0.15) is 18.0 Å². The summed E-state index contributed by atoms with van der Waals surface area (Å²) >= 11 is 0. The Kier molecular flexibility index (Phi) is 6.87. The van der Waals surface area contributed by atoms with Crippen LogP contribution in [-0.2, 0) is 26.2 Å². The van der Waals surface area contributed by atoms with Gasteiger partial charge in [0.25, 0.3) is 0 Å². The van der Waals surface area contributed by atoms with Crippen LogP contribution in [0.2, 0.25) is 0 Å². The van der Waals surface area contributed by atoms with Gasteiger partial charge >= 0.3 is 11.6 Å². The zero-order chi connectivity index (χ0) is 22.6. The Bertz CT molecular complexity index is 1250. The lowest BCUT2D eigenvalue weighted by Gasteiger charge is -2.17. The molecule has 3 rings (SSSR count). The Morgan fingerprint density at radius 1 is 1.13 bits per heavy atom. The number of aryl methyl sites for hydroxylation is 1. The number of fused-ring (bicyclic) bond motifs is 1. The van der Waals surface area contributed by atoms with E-state index in [1.54, 1.807) is 12.1 Å². The maximum atomic E-state index is 13.0. The van der Waals surface area contributed by atoms with Gasteiger partial charge in [0.05, 0.1) is 4.90 Å². The van der Waals surface area contributed by atoms with Gasteiger partial charge in [-0.15, -0.1) is 0 Å². The van der Waals surface area contributed by atoms with Crippen LogP contribution < -0.4 is 5.63 Å². The summed E-state index contributed by atoms with van der Waals surface area (Å²) in [5, 5.41) is 0.683. The Balaban J connectivity index is 1.55. The Hall–Kier alpha value is -3.04. The SMILES string of the molecule is Cc1ccc2c(COC(=O)CCCN(C)S(=O)(=O)c3ccc(F)cc3)cc(=O)oc2c1. The van der Waals surface area contributed by atoms with Gasteiger partial charge in [-0.2, -0.15) is 0 Å². The lowest BCUT2D eigenvalue weighted by Crippen LogP contribution is -2.28. The summed E-state index contributed by atoms with van der Waals surface area (Å²) in [7, 11) is -2.38. The number of nitrogens with zero attached hydrogens (tertiary/aromatic N) is 1. The molecule has 1 aromatic heterocycles. The van der Waals surface area contributed by atoms with Crippen molar-refractivity contribution in [1.29, 1.82) is 0 Å². The van der Waals surface area contributed by atoms with Gasteiger partial charge in [-0.1, -0.05) is 12.1 Å². The maximum absolute atomic E-state index is 13.0. The molecule has 0 aliphatic carbocycles. The first-order chi connectivity index (χ1) is 14.7. The predicted octanol–water partition coefficient (Wildman–Crippen LogP) is 3.38. The van der Waals surface area contributed by atoms with Crippen LogP contribution >= 0.6 is 0 Å². The number of hydrogen-bond donors (Lipinski definition) is 0. The molecule has 0 unspecified atom stereocenters. The van der Waals surface area contributed by atoms with E-state index < -0.39 is 27.4 Å². The van der Waals surface area contributed by atoms with Crippen LogP contribution in [0.25, 0.3) is 11.0 Å². The molecular formula is C22H22FNO6S. The van der Waals surface area contributed by atoms with Crippen LogP contribution in [0, 0.1) is 12.7 Å². The van der Waals surface area contributed by atoms with E-state index in [2.05, 4.69) is 0 Å². The van der Waals surface area contributed by atoms with Gasteiger partial charge in [0, 0.05) is 37.0 Å². The molecule has 164 valence electrons. The van der Waals surface area contributed by atoms with Crippen LogP contribution in [0.15, 0.2) is 62.6 Å². The number of esters is 1. The molecule has 0 N–H and O–H groups in total. The van der Waals surface area contributed by atoms with Crippen molar-refractivity contribution >= 4 is 27.0 Å². The summed E-state index contributed by atoms with van der Waals surface area (Å²) in [5.74, 6) is -1.04. The van der Waals surface area contributed by atoms with E-state index in [0.29, 0.717) is 16.5 Å². The fourth-order valence-electron chi connectivity index (χ4n) is 3.04. The molecule has 3 aromatic rings.